The first kappa shape index (κ1) is 22.8. The molecule has 1 aliphatic carbocycles. The molecule has 0 saturated heterocycles. The van der Waals surface area contributed by atoms with Crippen LogP contribution in [0.3, 0.4) is 0 Å². The van der Waals surface area contributed by atoms with Gasteiger partial charge in [0.2, 0.25) is 5.88 Å². The fraction of sp³-hybridized carbons (Fsp3) is 0.423. The van der Waals surface area contributed by atoms with Gasteiger partial charge in [0, 0.05) is 31.7 Å². The number of unbranched alkanes of at least 4 members (excludes halogenated alkanes) is 1. The molecule has 0 spiro atoms. The molecule has 0 radical (unpaired) electrons. The van der Waals surface area contributed by atoms with Crippen LogP contribution in [0.2, 0.25) is 5.02 Å². The first-order valence-electron chi connectivity index (χ1n) is 11.5. The summed E-state index contributed by atoms with van der Waals surface area (Å²) in [7, 11) is 1.90. The van der Waals surface area contributed by atoms with Gasteiger partial charge in [0.15, 0.2) is 0 Å². The molecule has 170 valence electrons. The van der Waals surface area contributed by atoms with E-state index in [1.807, 2.05) is 49.5 Å². The standard InChI is InChI=1S/C26H32ClN3O2/c1-3-4-12-21(31)17-30(20-15-16-20)18-22-25(19-10-6-5-7-11-19)28-29(2)26(22)32-24-14-9-8-13-23(24)27/h5-11,13-14,20-21,31H,3-4,12,15-18H2,1-2H3. The minimum absolute atomic E-state index is 0.319. The van der Waals surface area contributed by atoms with E-state index in [-0.39, 0.29) is 6.10 Å². The van der Waals surface area contributed by atoms with E-state index in [9.17, 15) is 5.11 Å². The Morgan fingerprint density at radius 3 is 2.56 bits per heavy atom. The second-order valence-electron chi connectivity index (χ2n) is 8.61. The van der Waals surface area contributed by atoms with Crippen LogP contribution in [-0.4, -0.2) is 38.5 Å². The maximum atomic E-state index is 10.6. The van der Waals surface area contributed by atoms with Crippen molar-refractivity contribution in [3.05, 3.63) is 65.2 Å². The minimum Gasteiger partial charge on any atom is -0.437 e. The van der Waals surface area contributed by atoms with Gasteiger partial charge >= 0.3 is 0 Å². The van der Waals surface area contributed by atoms with Crippen molar-refractivity contribution in [2.45, 2.75) is 57.7 Å². The molecule has 2 aromatic carbocycles. The number of aliphatic hydroxyl groups excluding tert-OH is 1. The van der Waals surface area contributed by atoms with Crippen molar-refractivity contribution in [3.63, 3.8) is 0 Å². The second-order valence-corrected chi connectivity index (χ2v) is 9.02. The topological polar surface area (TPSA) is 50.5 Å². The van der Waals surface area contributed by atoms with Crippen molar-refractivity contribution in [3.8, 4) is 22.9 Å². The van der Waals surface area contributed by atoms with Gasteiger partial charge in [-0.1, -0.05) is 73.8 Å². The van der Waals surface area contributed by atoms with Gasteiger partial charge in [-0.3, -0.25) is 4.90 Å². The van der Waals surface area contributed by atoms with Gasteiger partial charge in [-0.2, -0.15) is 5.10 Å². The molecule has 1 N–H and O–H groups in total. The maximum Gasteiger partial charge on any atom is 0.222 e. The number of ether oxygens (including phenoxy) is 1. The second kappa shape index (κ2) is 10.5. The van der Waals surface area contributed by atoms with E-state index in [1.54, 1.807) is 4.68 Å². The molecule has 5 nitrogen and oxygen atoms in total. The van der Waals surface area contributed by atoms with Crippen LogP contribution in [0.15, 0.2) is 54.6 Å². The van der Waals surface area contributed by atoms with E-state index in [4.69, 9.17) is 21.4 Å². The van der Waals surface area contributed by atoms with Crippen LogP contribution in [0.25, 0.3) is 11.3 Å². The van der Waals surface area contributed by atoms with Crippen LogP contribution < -0.4 is 4.74 Å². The summed E-state index contributed by atoms with van der Waals surface area (Å²) < 4.78 is 8.11. The highest BCUT2D eigenvalue weighted by Crippen LogP contribution is 2.38. The third kappa shape index (κ3) is 5.52. The van der Waals surface area contributed by atoms with Crippen LogP contribution in [-0.2, 0) is 13.6 Å². The summed E-state index contributed by atoms with van der Waals surface area (Å²) in [5.74, 6) is 1.30. The molecule has 32 heavy (non-hydrogen) atoms. The van der Waals surface area contributed by atoms with E-state index >= 15 is 0 Å². The molecule has 1 aliphatic rings. The van der Waals surface area contributed by atoms with Crippen molar-refractivity contribution in [2.24, 2.45) is 7.05 Å². The summed E-state index contributed by atoms with van der Waals surface area (Å²) in [5, 5.41) is 16.0. The lowest BCUT2D eigenvalue weighted by molar-refractivity contribution is 0.0951. The van der Waals surface area contributed by atoms with Gasteiger partial charge < -0.3 is 9.84 Å². The predicted molar refractivity (Wildman–Crippen MR) is 129 cm³/mol. The molecule has 1 saturated carbocycles. The first-order chi connectivity index (χ1) is 15.6. The monoisotopic (exact) mass is 453 g/mol. The molecule has 1 fully saturated rings. The fourth-order valence-electron chi connectivity index (χ4n) is 4.07. The highest BCUT2D eigenvalue weighted by Gasteiger charge is 2.33. The molecular formula is C26H32ClN3O2. The average molecular weight is 454 g/mol. The Morgan fingerprint density at radius 1 is 1.16 bits per heavy atom. The number of para-hydroxylation sites is 1. The molecule has 3 aromatic rings. The van der Waals surface area contributed by atoms with Crippen molar-refractivity contribution in [1.82, 2.24) is 14.7 Å². The van der Waals surface area contributed by atoms with Gasteiger partial charge in [-0.15, -0.1) is 0 Å². The largest absolute Gasteiger partial charge is 0.437 e. The normalized spacial score (nSPS) is 14.7. The van der Waals surface area contributed by atoms with Crippen LogP contribution in [0.4, 0.5) is 0 Å². The van der Waals surface area contributed by atoms with Gasteiger partial charge in [0.05, 0.1) is 16.7 Å². The van der Waals surface area contributed by atoms with E-state index in [0.29, 0.717) is 35.8 Å². The molecule has 1 unspecified atom stereocenters. The third-order valence-corrected chi connectivity index (χ3v) is 6.25. The lowest BCUT2D eigenvalue weighted by Crippen LogP contribution is -2.34. The number of hydrogen-bond acceptors (Lipinski definition) is 4. The van der Waals surface area contributed by atoms with E-state index in [2.05, 4.69) is 24.0 Å². The Balaban J connectivity index is 1.68. The fourth-order valence-corrected chi connectivity index (χ4v) is 4.24. The van der Waals surface area contributed by atoms with Crippen LogP contribution in [0, 0.1) is 0 Å². The van der Waals surface area contributed by atoms with Gasteiger partial charge in [-0.25, -0.2) is 4.68 Å². The number of aromatic nitrogens is 2. The van der Waals surface area contributed by atoms with Crippen molar-refractivity contribution in [2.75, 3.05) is 6.54 Å². The number of aryl methyl sites for hydroxylation is 1. The number of rotatable bonds is 11. The van der Waals surface area contributed by atoms with Gasteiger partial charge in [0.25, 0.3) is 0 Å². The van der Waals surface area contributed by atoms with Crippen molar-refractivity contribution >= 4 is 11.6 Å². The number of benzene rings is 2. The summed E-state index contributed by atoms with van der Waals surface area (Å²) in [6.07, 6.45) is 4.99. The molecule has 0 bridgehead atoms. The Morgan fingerprint density at radius 2 is 1.88 bits per heavy atom. The van der Waals surface area contributed by atoms with Gasteiger partial charge in [0.1, 0.15) is 11.4 Å². The molecule has 0 aliphatic heterocycles. The number of hydrogen-bond donors (Lipinski definition) is 1. The summed E-state index contributed by atoms with van der Waals surface area (Å²) in [6, 6.07) is 18.2. The maximum absolute atomic E-state index is 10.6. The highest BCUT2D eigenvalue weighted by molar-refractivity contribution is 6.32. The number of aliphatic hydroxyl groups is 1. The molecule has 1 atom stereocenters. The van der Waals surface area contributed by atoms with Crippen LogP contribution >= 0.6 is 11.6 Å². The Kier molecular flexibility index (Phi) is 7.51. The molecule has 1 heterocycles. The summed E-state index contributed by atoms with van der Waals surface area (Å²) in [6.45, 7) is 3.50. The zero-order valence-corrected chi connectivity index (χ0v) is 19.6. The Hall–Kier alpha value is -2.34. The lowest BCUT2D eigenvalue weighted by Gasteiger charge is -2.25. The molecule has 6 heteroatoms. The Bertz CT molecular complexity index is 1020. The van der Waals surface area contributed by atoms with E-state index in [0.717, 1.165) is 36.1 Å². The summed E-state index contributed by atoms with van der Waals surface area (Å²) in [4.78, 5) is 2.39. The molecule has 4 rings (SSSR count). The molecule has 0 amide bonds. The van der Waals surface area contributed by atoms with Crippen LogP contribution in [0.1, 0.15) is 44.6 Å². The van der Waals surface area contributed by atoms with E-state index in [1.165, 1.54) is 12.8 Å². The zero-order chi connectivity index (χ0) is 22.5. The smallest absolute Gasteiger partial charge is 0.222 e. The van der Waals surface area contributed by atoms with Crippen molar-refractivity contribution < 1.29 is 9.84 Å². The summed E-state index contributed by atoms with van der Waals surface area (Å²) in [5.41, 5.74) is 2.98. The van der Waals surface area contributed by atoms with Crippen molar-refractivity contribution in [1.29, 1.82) is 0 Å². The lowest BCUT2D eigenvalue weighted by atomic mass is 10.1. The minimum atomic E-state index is -0.319. The quantitative estimate of drug-likeness (QED) is 0.384. The molecular weight excluding hydrogens is 422 g/mol. The average Bonchev–Trinajstić information content (AvgIpc) is 3.60. The highest BCUT2D eigenvalue weighted by atomic mass is 35.5. The predicted octanol–water partition coefficient (Wildman–Crippen LogP) is 6.05. The number of halogens is 1. The van der Waals surface area contributed by atoms with Crippen LogP contribution in [0.5, 0.6) is 11.6 Å². The van der Waals surface area contributed by atoms with E-state index < -0.39 is 0 Å². The zero-order valence-electron chi connectivity index (χ0n) is 18.9. The number of nitrogens with zero attached hydrogens (tertiary/aromatic N) is 3. The van der Waals surface area contributed by atoms with Gasteiger partial charge in [-0.05, 0) is 31.4 Å². The first-order valence-corrected chi connectivity index (χ1v) is 11.9. The summed E-state index contributed by atoms with van der Waals surface area (Å²) >= 11 is 6.39. The Labute approximate surface area is 195 Å². The molecule has 1 aromatic heterocycles. The third-order valence-electron chi connectivity index (χ3n) is 5.94. The SMILES string of the molecule is CCCCC(O)CN(Cc1c(-c2ccccc2)nn(C)c1Oc1ccccc1Cl)C1CC1.